The van der Waals surface area contributed by atoms with Crippen LogP contribution in [0.15, 0.2) is 60.7 Å². The molecule has 19 heavy (non-hydrogen) atoms. The third kappa shape index (κ3) is 2.18. The maximum Gasteiger partial charge on any atom is 0.141 e. The Morgan fingerprint density at radius 3 is 1.84 bits per heavy atom. The van der Waals surface area contributed by atoms with E-state index in [1.807, 2.05) is 60.7 Å². The predicted octanol–water partition coefficient (Wildman–Crippen LogP) is 3.10. The number of benzene rings is 2. The summed E-state index contributed by atoms with van der Waals surface area (Å²) in [5.41, 5.74) is 0.736. The van der Waals surface area contributed by atoms with Gasteiger partial charge in [-0.2, -0.15) is 0 Å². The van der Waals surface area contributed by atoms with E-state index < -0.39 is 5.60 Å². The third-order valence-corrected chi connectivity index (χ3v) is 3.82. The zero-order valence-corrected chi connectivity index (χ0v) is 10.8. The smallest absolute Gasteiger partial charge is 0.141 e. The normalized spacial score (nSPS) is 19.5. The highest BCUT2D eigenvalue weighted by atomic mass is 16.5. The molecule has 0 amide bonds. The average Bonchev–Trinajstić information content (AvgIpc) is 3.03. The van der Waals surface area contributed by atoms with Crippen LogP contribution in [-0.4, -0.2) is 17.8 Å². The zero-order chi connectivity index (χ0) is 13.1. The van der Waals surface area contributed by atoms with E-state index in [-0.39, 0.29) is 6.10 Å². The number of aliphatic hydroxyl groups is 1. The molecule has 0 unspecified atom stereocenters. The van der Waals surface area contributed by atoms with Gasteiger partial charge in [-0.1, -0.05) is 60.7 Å². The van der Waals surface area contributed by atoms with Crippen LogP contribution >= 0.6 is 0 Å². The SMILES string of the molecule is OC(c1ccccc1)(c1ccccc1)[C@H]1CCCO1. The fraction of sp³-hybridized carbons (Fsp3) is 0.294. The summed E-state index contributed by atoms with van der Waals surface area (Å²) < 4.78 is 5.78. The van der Waals surface area contributed by atoms with E-state index in [0.29, 0.717) is 0 Å². The zero-order valence-electron chi connectivity index (χ0n) is 10.8. The van der Waals surface area contributed by atoms with Gasteiger partial charge < -0.3 is 9.84 Å². The van der Waals surface area contributed by atoms with Crippen LogP contribution in [0.2, 0.25) is 0 Å². The molecule has 0 aliphatic carbocycles. The van der Waals surface area contributed by atoms with Gasteiger partial charge in [-0.15, -0.1) is 0 Å². The molecule has 1 N–H and O–H groups in total. The maximum atomic E-state index is 11.3. The van der Waals surface area contributed by atoms with Gasteiger partial charge in [-0.25, -0.2) is 0 Å². The van der Waals surface area contributed by atoms with Crippen LogP contribution in [0.4, 0.5) is 0 Å². The quantitative estimate of drug-likeness (QED) is 0.912. The fourth-order valence-corrected chi connectivity index (χ4v) is 2.83. The van der Waals surface area contributed by atoms with E-state index in [0.717, 1.165) is 30.6 Å². The molecule has 3 rings (SSSR count). The molecule has 0 spiro atoms. The summed E-state index contributed by atoms with van der Waals surface area (Å²) in [7, 11) is 0. The molecule has 98 valence electrons. The first-order valence-electron chi connectivity index (χ1n) is 6.77. The van der Waals surface area contributed by atoms with E-state index in [2.05, 4.69) is 0 Å². The lowest BCUT2D eigenvalue weighted by Crippen LogP contribution is -2.40. The molecular formula is C17H18O2. The van der Waals surface area contributed by atoms with Crippen molar-refractivity contribution in [2.45, 2.75) is 24.5 Å². The molecule has 1 atom stereocenters. The molecule has 1 aliphatic rings. The summed E-state index contributed by atoms with van der Waals surface area (Å²) >= 11 is 0. The van der Waals surface area contributed by atoms with Crippen molar-refractivity contribution < 1.29 is 9.84 Å². The molecule has 1 aliphatic heterocycles. The molecule has 1 saturated heterocycles. The first-order valence-corrected chi connectivity index (χ1v) is 6.77. The summed E-state index contributed by atoms with van der Waals surface area (Å²) in [5.74, 6) is 0. The van der Waals surface area contributed by atoms with Crippen molar-refractivity contribution in [3.63, 3.8) is 0 Å². The molecule has 2 aromatic carbocycles. The fourth-order valence-electron chi connectivity index (χ4n) is 2.83. The maximum absolute atomic E-state index is 11.3. The lowest BCUT2D eigenvalue weighted by Gasteiger charge is -2.34. The van der Waals surface area contributed by atoms with Gasteiger partial charge in [0, 0.05) is 6.61 Å². The van der Waals surface area contributed by atoms with E-state index >= 15 is 0 Å². The van der Waals surface area contributed by atoms with Crippen molar-refractivity contribution in [1.29, 1.82) is 0 Å². The van der Waals surface area contributed by atoms with Gasteiger partial charge in [-0.05, 0) is 24.0 Å². The number of rotatable bonds is 3. The van der Waals surface area contributed by atoms with Crippen molar-refractivity contribution in [3.8, 4) is 0 Å². The van der Waals surface area contributed by atoms with Gasteiger partial charge in [0.25, 0.3) is 0 Å². The second-order valence-electron chi connectivity index (χ2n) is 5.00. The molecule has 1 fully saturated rings. The van der Waals surface area contributed by atoms with Crippen LogP contribution in [0.3, 0.4) is 0 Å². The van der Waals surface area contributed by atoms with Gasteiger partial charge >= 0.3 is 0 Å². The van der Waals surface area contributed by atoms with Crippen LogP contribution in [0.5, 0.6) is 0 Å². The Hall–Kier alpha value is -1.64. The van der Waals surface area contributed by atoms with E-state index in [4.69, 9.17) is 4.74 Å². The molecule has 0 saturated carbocycles. The monoisotopic (exact) mass is 254 g/mol. The Morgan fingerprint density at radius 2 is 1.42 bits per heavy atom. The number of hydrogen-bond donors (Lipinski definition) is 1. The van der Waals surface area contributed by atoms with Gasteiger partial charge in [0.1, 0.15) is 5.60 Å². The Kier molecular flexibility index (Phi) is 3.36. The average molecular weight is 254 g/mol. The first kappa shape index (κ1) is 12.4. The summed E-state index contributed by atoms with van der Waals surface area (Å²) in [6, 6.07) is 19.6. The highest BCUT2D eigenvalue weighted by Crippen LogP contribution is 2.38. The topological polar surface area (TPSA) is 29.5 Å². The summed E-state index contributed by atoms with van der Waals surface area (Å²) in [5, 5.41) is 11.3. The molecule has 1 heterocycles. The highest BCUT2D eigenvalue weighted by molar-refractivity contribution is 5.37. The van der Waals surface area contributed by atoms with Crippen LogP contribution in [0, 0.1) is 0 Å². The highest BCUT2D eigenvalue weighted by Gasteiger charge is 2.42. The molecule has 2 nitrogen and oxygen atoms in total. The Bertz CT molecular complexity index is 476. The molecule has 0 radical (unpaired) electrons. The minimum atomic E-state index is -1.06. The summed E-state index contributed by atoms with van der Waals surface area (Å²) in [4.78, 5) is 0. The van der Waals surface area contributed by atoms with Crippen molar-refractivity contribution in [2.24, 2.45) is 0 Å². The summed E-state index contributed by atoms with van der Waals surface area (Å²) in [6.07, 6.45) is 1.73. The second-order valence-corrected chi connectivity index (χ2v) is 5.00. The van der Waals surface area contributed by atoms with Crippen molar-refractivity contribution in [2.75, 3.05) is 6.61 Å². The Morgan fingerprint density at radius 1 is 0.895 bits per heavy atom. The largest absolute Gasteiger partial charge is 0.378 e. The van der Waals surface area contributed by atoms with E-state index in [1.54, 1.807) is 0 Å². The van der Waals surface area contributed by atoms with Crippen molar-refractivity contribution in [3.05, 3.63) is 71.8 Å². The number of ether oxygens (including phenoxy) is 1. The van der Waals surface area contributed by atoms with Gasteiger partial charge in [0.2, 0.25) is 0 Å². The van der Waals surface area contributed by atoms with Crippen molar-refractivity contribution in [1.82, 2.24) is 0 Å². The molecular weight excluding hydrogens is 236 g/mol. The predicted molar refractivity (Wildman–Crippen MR) is 74.9 cm³/mol. The van der Waals surface area contributed by atoms with Crippen molar-refractivity contribution >= 4 is 0 Å². The molecule has 0 bridgehead atoms. The van der Waals surface area contributed by atoms with E-state index in [9.17, 15) is 5.11 Å². The van der Waals surface area contributed by atoms with E-state index in [1.165, 1.54) is 0 Å². The standard InChI is InChI=1S/C17H18O2/c18-17(16-12-7-13-19-16,14-8-3-1-4-9-14)15-10-5-2-6-11-15/h1-6,8-11,16,18H,7,12-13H2/t16-/m1/s1. The minimum Gasteiger partial charge on any atom is -0.378 e. The number of hydrogen-bond acceptors (Lipinski definition) is 2. The second kappa shape index (κ2) is 5.16. The van der Waals surface area contributed by atoms with Gasteiger partial charge in [-0.3, -0.25) is 0 Å². The third-order valence-electron chi connectivity index (χ3n) is 3.82. The van der Waals surface area contributed by atoms with Crippen LogP contribution in [0.1, 0.15) is 24.0 Å². The lowest BCUT2D eigenvalue weighted by atomic mass is 9.80. The molecule has 2 heteroatoms. The molecule has 2 aromatic rings. The summed E-state index contributed by atoms with van der Waals surface area (Å²) in [6.45, 7) is 0.729. The first-order chi connectivity index (χ1) is 9.32. The van der Waals surface area contributed by atoms with Crippen LogP contribution in [-0.2, 0) is 10.3 Å². The van der Waals surface area contributed by atoms with Gasteiger partial charge in [0.15, 0.2) is 0 Å². The van der Waals surface area contributed by atoms with Crippen LogP contribution < -0.4 is 0 Å². The minimum absolute atomic E-state index is 0.169. The van der Waals surface area contributed by atoms with Crippen LogP contribution in [0.25, 0.3) is 0 Å². The lowest BCUT2D eigenvalue weighted by molar-refractivity contribution is -0.0619. The molecule has 0 aromatic heterocycles. The van der Waals surface area contributed by atoms with Gasteiger partial charge in [0.05, 0.1) is 6.10 Å². The Balaban J connectivity index is 2.10. The Labute approximate surface area is 113 Å².